The number of halogens is 3. The molecule has 0 aliphatic carbocycles. The Balaban J connectivity index is 3.11. The van der Waals surface area contributed by atoms with E-state index in [0.29, 0.717) is 15.8 Å². The van der Waals surface area contributed by atoms with Gasteiger partial charge in [-0.05, 0) is 41.6 Å². The lowest BCUT2D eigenvalue weighted by Crippen LogP contribution is -2.07. The fourth-order valence-corrected chi connectivity index (χ4v) is 2.07. The van der Waals surface area contributed by atoms with Gasteiger partial charge in [0.15, 0.2) is 6.61 Å². The zero-order valence-corrected chi connectivity index (χ0v) is 11.9. The van der Waals surface area contributed by atoms with Gasteiger partial charge in [0, 0.05) is 5.02 Å². The van der Waals surface area contributed by atoms with Gasteiger partial charge in [-0.2, -0.15) is 0 Å². The highest BCUT2D eigenvalue weighted by atomic mass is 35.5. The molecule has 1 unspecified atom stereocenters. The molecule has 0 amide bonds. The van der Waals surface area contributed by atoms with Gasteiger partial charge in [0.25, 0.3) is 5.24 Å². The van der Waals surface area contributed by atoms with E-state index in [0.717, 1.165) is 12.0 Å². The first-order valence-corrected chi connectivity index (χ1v) is 6.39. The molecule has 0 heterocycles. The molecule has 1 aromatic rings. The van der Waals surface area contributed by atoms with E-state index in [1.807, 2.05) is 6.92 Å². The molecule has 1 aromatic carbocycles. The molecule has 0 radical (unpaired) electrons. The van der Waals surface area contributed by atoms with Gasteiger partial charge < -0.3 is 4.74 Å². The van der Waals surface area contributed by atoms with Gasteiger partial charge in [-0.3, -0.25) is 4.79 Å². The van der Waals surface area contributed by atoms with E-state index >= 15 is 0 Å². The van der Waals surface area contributed by atoms with E-state index in [9.17, 15) is 4.79 Å². The van der Waals surface area contributed by atoms with Crippen LogP contribution in [0.25, 0.3) is 0 Å². The fourth-order valence-electron chi connectivity index (χ4n) is 1.45. The molecule has 1 rings (SSSR count). The normalized spacial score (nSPS) is 12.3. The van der Waals surface area contributed by atoms with E-state index in [2.05, 4.69) is 6.92 Å². The lowest BCUT2D eigenvalue weighted by molar-refractivity contribution is -0.113. The van der Waals surface area contributed by atoms with Crippen molar-refractivity contribution >= 4 is 40.0 Å². The lowest BCUT2D eigenvalue weighted by Gasteiger charge is -2.16. The maximum absolute atomic E-state index is 10.7. The summed E-state index contributed by atoms with van der Waals surface area (Å²) in [4.78, 5) is 10.7. The smallest absolute Gasteiger partial charge is 0.259 e. The second-order valence-electron chi connectivity index (χ2n) is 3.76. The first-order valence-electron chi connectivity index (χ1n) is 5.25. The quantitative estimate of drug-likeness (QED) is 0.739. The van der Waals surface area contributed by atoms with Crippen LogP contribution >= 0.6 is 34.8 Å². The Morgan fingerprint density at radius 2 is 2.06 bits per heavy atom. The molecule has 0 saturated carbocycles. The summed E-state index contributed by atoms with van der Waals surface area (Å²) in [5.41, 5.74) is 0.892. The molecule has 2 nitrogen and oxygen atoms in total. The molecular weight excluding hydrogens is 282 g/mol. The Kier molecular flexibility index (Phi) is 5.57. The molecule has 0 fully saturated rings. The zero-order valence-electron chi connectivity index (χ0n) is 9.60. The monoisotopic (exact) mass is 294 g/mol. The third kappa shape index (κ3) is 4.06. The summed E-state index contributed by atoms with van der Waals surface area (Å²) >= 11 is 17.3. The molecule has 0 spiro atoms. The molecule has 1 atom stereocenters. The summed E-state index contributed by atoms with van der Waals surface area (Å²) in [7, 11) is 0. The Hall–Kier alpha value is -0.440. The molecule has 0 aliphatic rings. The van der Waals surface area contributed by atoms with Crippen LogP contribution in [0.4, 0.5) is 0 Å². The van der Waals surface area contributed by atoms with Gasteiger partial charge in [-0.25, -0.2) is 0 Å². The second-order valence-corrected chi connectivity index (χ2v) is 5.02. The van der Waals surface area contributed by atoms with Crippen molar-refractivity contribution < 1.29 is 9.53 Å². The van der Waals surface area contributed by atoms with Crippen LogP contribution in [0.15, 0.2) is 12.1 Å². The number of benzene rings is 1. The Morgan fingerprint density at radius 3 is 2.59 bits per heavy atom. The van der Waals surface area contributed by atoms with Crippen molar-refractivity contribution in [3.05, 3.63) is 27.7 Å². The van der Waals surface area contributed by atoms with Crippen LogP contribution in [-0.2, 0) is 4.79 Å². The first kappa shape index (κ1) is 14.6. The van der Waals surface area contributed by atoms with Gasteiger partial charge in [-0.15, -0.1) is 0 Å². The zero-order chi connectivity index (χ0) is 13.0. The van der Waals surface area contributed by atoms with E-state index in [-0.39, 0.29) is 12.5 Å². The molecule has 0 saturated heterocycles. The highest BCUT2D eigenvalue weighted by Crippen LogP contribution is 2.37. The largest absolute Gasteiger partial charge is 0.483 e. The summed E-state index contributed by atoms with van der Waals surface area (Å²) < 4.78 is 5.34. The molecule has 0 aliphatic heterocycles. The van der Waals surface area contributed by atoms with Crippen LogP contribution in [0.2, 0.25) is 10.0 Å². The van der Waals surface area contributed by atoms with Crippen LogP contribution in [-0.4, -0.2) is 11.8 Å². The summed E-state index contributed by atoms with van der Waals surface area (Å²) in [5.74, 6) is 0.728. The number of carbonyl (C=O) groups is 1. The summed E-state index contributed by atoms with van der Waals surface area (Å²) in [6.45, 7) is 3.89. The lowest BCUT2D eigenvalue weighted by atomic mass is 9.98. The van der Waals surface area contributed by atoms with E-state index in [1.54, 1.807) is 12.1 Å². The van der Waals surface area contributed by atoms with Crippen molar-refractivity contribution in [1.29, 1.82) is 0 Å². The van der Waals surface area contributed by atoms with Gasteiger partial charge in [0.05, 0.1) is 5.02 Å². The topological polar surface area (TPSA) is 26.3 Å². The maximum Gasteiger partial charge on any atom is 0.259 e. The van der Waals surface area contributed by atoms with Crippen molar-refractivity contribution in [1.82, 2.24) is 0 Å². The molecule has 0 N–H and O–H groups in total. The average Bonchev–Trinajstić information content (AvgIpc) is 2.25. The molecule has 94 valence electrons. The number of ether oxygens (including phenoxy) is 1. The Bertz CT molecular complexity index is 418. The minimum Gasteiger partial charge on any atom is -0.483 e. The number of hydrogen-bond acceptors (Lipinski definition) is 2. The van der Waals surface area contributed by atoms with Crippen LogP contribution < -0.4 is 4.74 Å². The number of carbonyl (C=O) groups excluding carboxylic acids is 1. The summed E-state index contributed by atoms with van der Waals surface area (Å²) in [6, 6.07) is 3.39. The maximum atomic E-state index is 10.7. The SMILES string of the molecule is CCC(C)c1cc(Cl)cc(Cl)c1OCC(=O)Cl. The third-order valence-corrected chi connectivity index (χ3v) is 3.12. The number of hydrogen-bond donors (Lipinski definition) is 0. The fraction of sp³-hybridized carbons (Fsp3) is 0.417. The van der Waals surface area contributed by atoms with Crippen LogP contribution in [0.3, 0.4) is 0 Å². The minimum atomic E-state index is -0.564. The van der Waals surface area contributed by atoms with Crippen LogP contribution in [0, 0.1) is 0 Å². The van der Waals surface area contributed by atoms with Gasteiger partial charge in [0.2, 0.25) is 0 Å². The average molecular weight is 296 g/mol. The van der Waals surface area contributed by atoms with E-state index in [4.69, 9.17) is 39.5 Å². The summed E-state index contributed by atoms with van der Waals surface area (Å²) in [6.07, 6.45) is 0.919. The second kappa shape index (κ2) is 6.48. The van der Waals surface area contributed by atoms with E-state index < -0.39 is 5.24 Å². The highest BCUT2D eigenvalue weighted by Gasteiger charge is 2.16. The molecule has 5 heteroatoms. The third-order valence-electron chi connectivity index (χ3n) is 2.51. The Labute approximate surface area is 116 Å². The standard InChI is InChI=1S/C12H13Cl3O2/c1-3-7(2)9-4-8(13)5-10(14)12(9)17-6-11(15)16/h4-5,7H,3,6H2,1-2H3. The summed E-state index contributed by atoms with van der Waals surface area (Å²) in [5, 5.41) is 0.381. The van der Waals surface area contributed by atoms with Crippen molar-refractivity contribution in [2.75, 3.05) is 6.61 Å². The van der Waals surface area contributed by atoms with Crippen molar-refractivity contribution in [2.45, 2.75) is 26.2 Å². The van der Waals surface area contributed by atoms with E-state index in [1.165, 1.54) is 0 Å². The van der Waals surface area contributed by atoms with Crippen molar-refractivity contribution in [3.8, 4) is 5.75 Å². The van der Waals surface area contributed by atoms with Gasteiger partial charge >= 0.3 is 0 Å². The molecule has 17 heavy (non-hydrogen) atoms. The van der Waals surface area contributed by atoms with Crippen LogP contribution in [0.5, 0.6) is 5.75 Å². The predicted molar refractivity (Wildman–Crippen MR) is 71.5 cm³/mol. The molecular formula is C12H13Cl3O2. The molecule has 0 bridgehead atoms. The van der Waals surface area contributed by atoms with Crippen molar-refractivity contribution in [3.63, 3.8) is 0 Å². The minimum absolute atomic E-state index is 0.202. The van der Waals surface area contributed by atoms with Crippen LogP contribution in [0.1, 0.15) is 31.7 Å². The van der Waals surface area contributed by atoms with Gasteiger partial charge in [0.1, 0.15) is 5.75 Å². The highest BCUT2D eigenvalue weighted by molar-refractivity contribution is 6.63. The van der Waals surface area contributed by atoms with Gasteiger partial charge in [-0.1, -0.05) is 37.0 Å². The predicted octanol–water partition coefficient (Wildman–Crippen LogP) is 4.65. The molecule has 0 aromatic heterocycles. The Morgan fingerprint density at radius 1 is 1.41 bits per heavy atom. The first-order chi connectivity index (χ1) is 7.95. The van der Waals surface area contributed by atoms with Crippen molar-refractivity contribution in [2.24, 2.45) is 0 Å². The number of rotatable bonds is 5.